The summed E-state index contributed by atoms with van der Waals surface area (Å²) in [5.41, 5.74) is 2.15. The van der Waals surface area contributed by atoms with E-state index in [1.54, 1.807) is 5.71 Å². The van der Waals surface area contributed by atoms with Gasteiger partial charge in [0.2, 0.25) is 0 Å². The Morgan fingerprint density at radius 2 is 1.50 bits per heavy atom. The molecule has 0 unspecified atom stereocenters. The summed E-state index contributed by atoms with van der Waals surface area (Å²) in [6.45, 7) is 15.1. The van der Waals surface area contributed by atoms with Crippen molar-refractivity contribution < 1.29 is 4.58 Å². The van der Waals surface area contributed by atoms with Crippen LogP contribution in [0.1, 0.15) is 60.8 Å². The van der Waals surface area contributed by atoms with E-state index < -0.39 is 0 Å². The molecule has 1 aliphatic heterocycles. The molecule has 0 aromatic rings. The number of hydrogen-bond donors (Lipinski definition) is 0. The lowest BCUT2D eigenvalue weighted by Crippen LogP contribution is -2.43. The topological polar surface area (TPSA) is 3.01 Å². The van der Waals surface area contributed by atoms with Gasteiger partial charge >= 0.3 is 0 Å². The molecule has 92 valence electrons. The number of allylic oxidation sites excluding steroid dienone is 1. The highest BCUT2D eigenvalue weighted by molar-refractivity contribution is 5.85. The van der Waals surface area contributed by atoms with Gasteiger partial charge in [0.15, 0.2) is 11.3 Å². The van der Waals surface area contributed by atoms with Gasteiger partial charge in [-0.2, -0.15) is 0 Å². The van der Waals surface area contributed by atoms with Crippen molar-refractivity contribution in [3.05, 3.63) is 12.2 Å². The van der Waals surface area contributed by atoms with E-state index in [4.69, 9.17) is 0 Å². The highest BCUT2D eigenvalue weighted by atomic mass is 15.1. The van der Waals surface area contributed by atoms with Gasteiger partial charge in [0.05, 0.1) is 0 Å². The molecule has 0 radical (unpaired) electrons. The van der Waals surface area contributed by atoms with Crippen LogP contribution in [0.25, 0.3) is 0 Å². The molecule has 0 aliphatic carbocycles. The van der Waals surface area contributed by atoms with Gasteiger partial charge < -0.3 is 0 Å². The van der Waals surface area contributed by atoms with Gasteiger partial charge in [0.25, 0.3) is 0 Å². The highest BCUT2D eigenvalue weighted by Crippen LogP contribution is 2.24. The van der Waals surface area contributed by atoms with Gasteiger partial charge in [-0.3, -0.25) is 0 Å². The Hall–Kier alpha value is -0.590. The van der Waals surface area contributed by atoms with Gasteiger partial charge in [0.1, 0.15) is 6.54 Å². The number of nitrogens with zero attached hydrogens (tertiary/aromatic N) is 1. The quantitative estimate of drug-likeness (QED) is 0.430. The number of hydrogen-bond acceptors (Lipinski definition) is 0. The van der Waals surface area contributed by atoms with Crippen LogP contribution < -0.4 is 0 Å². The molecule has 1 rings (SSSR count). The maximum Gasteiger partial charge on any atom is 0.158 e. The first-order valence-corrected chi connectivity index (χ1v) is 6.52. The summed E-state index contributed by atoms with van der Waals surface area (Å²) in [4.78, 5) is 0. The lowest BCUT2D eigenvalue weighted by molar-refractivity contribution is -0.600. The highest BCUT2D eigenvalue weighted by Gasteiger charge is 2.34. The molecule has 16 heavy (non-hydrogen) atoms. The summed E-state index contributed by atoms with van der Waals surface area (Å²) in [5.74, 6) is 0. The zero-order valence-corrected chi connectivity index (χ0v) is 11.9. The second-order valence-electron chi connectivity index (χ2n) is 6.82. The molecule has 1 heterocycles. The fourth-order valence-electron chi connectivity index (χ4n) is 2.45. The van der Waals surface area contributed by atoms with E-state index in [2.05, 4.69) is 58.3 Å². The SMILES string of the molecule is CC(C)(C)C1=[N+](C(C)(C)C)CC/C=C\CC1. The average molecular weight is 222 g/mol. The molecule has 0 aromatic carbocycles. The van der Waals surface area contributed by atoms with Crippen LogP contribution in [-0.2, 0) is 0 Å². The summed E-state index contributed by atoms with van der Waals surface area (Å²) in [7, 11) is 0. The third kappa shape index (κ3) is 3.47. The molecule has 1 aliphatic rings. The van der Waals surface area contributed by atoms with Crippen LogP contribution in [-0.4, -0.2) is 22.4 Å². The van der Waals surface area contributed by atoms with E-state index in [9.17, 15) is 0 Å². The Balaban J connectivity index is 3.15. The van der Waals surface area contributed by atoms with Gasteiger partial charge in [-0.05, 0) is 27.2 Å². The zero-order valence-electron chi connectivity index (χ0n) is 11.9. The van der Waals surface area contributed by atoms with Crippen LogP contribution in [0.5, 0.6) is 0 Å². The fourth-order valence-corrected chi connectivity index (χ4v) is 2.45. The molecule has 0 bridgehead atoms. The third-order valence-electron chi connectivity index (χ3n) is 3.24. The molecule has 1 nitrogen and oxygen atoms in total. The van der Waals surface area contributed by atoms with Crippen LogP contribution >= 0.6 is 0 Å². The lowest BCUT2D eigenvalue weighted by atomic mass is 9.85. The van der Waals surface area contributed by atoms with Crippen molar-refractivity contribution in [3.8, 4) is 0 Å². The maximum atomic E-state index is 2.62. The minimum Gasteiger partial charge on any atom is -0.232 e. The van der Waals surface area contributed by atoms with E-state index in [1.807, 2.05) is 0 Å². The summed E-state index contributed by atoms with van der Waals surface area (Å²) >= 11 is 0. The van der Waals surface area contributed by atoms with Crippen molar-refractivity contribution >= 4 is 5.71 Å². The first-order chi connectivity index (χ1) is 7.23. The lowest BCUT2D eigenvalue weighted by Gasteiger charge is -2.28. The van der Waals surface area contributed by atoms with Crippen LogP contribution in [0, 0.1) is 5.41 Å². The molecule has 0 N–H and O–H groups in total. The predicted octanol–water partition coefficient (Wildman–Crippen LogP) is 4.02. The molecule has 0 aromatic heterocycles. The standard InChI is InChI=1S/C15H28N/c1-14(2,3)13-11-9-7-8-10-12-16(13)15(4,5)6/h7-8H,9-12H2,1-6H3/q+1/b8-7-,16-13?. The third-order valence-corrected chi connectivity index (χ3v) is 3.24. The van der Waals surface area contributed by atoms with Crippen molar-refractivity contribution in [2.24, 2.45) is 5.41 Å². The summed E-state index contributed by atoms with van der Waals surface area (Å²) < 4.78 is 2.62. The average Bonchev–Trinajstić information content (AvgIpc) is 1.96. The van der Waals surface area contributed by atoms with E-state index in [1.165, 1.54) is 19.3 Å². The van der Waals surface area contributed by atoms with Crippen molar-refractivity contribution in [2.75, 3.05) is 6.54 Å². The second kappa shape index (κ2) is 4.73. The first-order valence-electron chi connectivity index (χ1n) is 6.52. The minimum absolute atomic E-state index is 0.244. The Labute approximate surface area is 101 Å². The molecular weight excluding hydrogens is 194 g/mol. The molecule has 1 heteroatoms. The van der Waals surface area contributed by atoms with Gasteiger partial charge in [-0.25, -0.2) is 4.58 Å². The van der Waals surface area contributed by atoms with E-state index in [0.29, 0.717) is 5.41 Å². The van der Waals surface area contributed by atoms with Gasteiger partial charge in [-0.1, -0.05) is 32.9 Å². The van der Waals surface area contributed by atoms with Gasteiger partial charge in [-0.15, -0.1) is 0 Å². The molecule has 0 amide bonds. The molecule has 0 saturated carbocycles. The van der Waals surface area contributed by atoms with Crippen LogP contribution in [0.15, 0.2) is 12.2 Å². The smallest absolute Gasteiger partial charge is 0.158 e. The Kier molecular flexibility index (Phi) is 3.98. The molecule has 0 atom stereocenters. The monoisotopic (exact) mass is 222 g/mol. The Bertz CT molecular complexity index is 264. The first kappa shape index (κ1) is 13.5. The van der Waals surface area contributed by atoms with E-state index >= 15 is 0 Å². The van der Waals surface area contributed by atoms with Gasteiger partial charge in [0, 0.05) is 18.3 Å². The van der Waals surface area contributed by atoms with Crippen molar-refractivity contribution in [3.63, 3.8) is 0 Å². The van der Waals surface area contributed by atoms with Crippen LogP contribution in [0.3, 0.4) is 0 Å². The van der Waals surface area contributed by atoms with Crippen molar-refractivity contribution in [2.45, 2.75) is 66.3 Å². The summed E-state index contributed by atoms with van der Waals surface area (Å²) in [6.07, 6.45) is 8.25. The Morgan fingerprint density at radius 3 is 2.00 bits per heavy atom. The molecule has 0 saturated heterocycles. The van der Waals surface area contributed by atoms with Crippen LogP contribution in [0.4, 0.5) is 0 Å². The second-order valence-corrected chi connectivity index (χ2v) is 6.82. The minimum atomic E-state index is 0.244. The zero-order chi connectivity index (χ0) is 12.4. The van der Waals surface area contributed by atoms with Crippen LogP contribution in [0.2, 0.25) is 0 Å². The predicted molar refractivity (Wildman–Crippen MR) is 72.3 cm³/mol. The molecule has 0 fully saturated rings. The van der Waals surface area contributed by atoms with Crippen molar-refractivity contribution in [1.29, 1.82) is 0 Å². The maximum absolute atomic E-state index is 2.62. The van der Waals surface area contributed by atoms with E-state index in [0.717, 1.165) is 6.54 Å². The number of rotatable bonds is 0. The fraction of sp³-hybridized carbons (Fsp3) is 0.800. The molecule has 0 spiro atoms. The molecular formula is C15H28N+. The summed E-state index contributed by atoms with van der Waals surface area (Å²) in [6, 6.07) is 0. The Morgan fingerprint density at radius 1 is 0.938 bits per heavy atom. The normalized spacial score (nSPS) is 21.6. The van der Waals surface area contributed by atoms with E-state index in [-0.39, 0.29) is 5.54 Å². The largest absolute Gasteiger partial charge is 0.232 e. The summed E-state index contributed by atoms with van der Waals surface area (Å²) in [5, 5.41) is 0. The van der Waals surface area contributed by atoms with Crippen molar-refractivity contribution in [1.82, 2.24) is 0 Å².